The van der Waals surface area contributed by atoms with Gasteiger partial charge in [-0.3, -0.25) is 9.59 Å². The smallest absolute Gasteiger partial charge is 0.256 e. The van der Waals surface area contributed by atoms with Crippen LogP contribution in [0, 0.1) is 17.2 Å². The van der Waals surface area contributed by atoms with Gasteiger partial charge < -0.3 is 10.2 Å². The summed E-state index contributed by atoms with van der Waals surface area (Å²) in [5.74, 6) is -2.11. The summed E-state index contributed by atoms with van der Waals surface area (Å²) in [5.41, 5.74) is 1.16. The largest absolute Gasteiger partial charge is 0.328 e. The number of nitriles is 1. The molecule has 1 saturated carbocycles. The van der Waals surface area contributed by atoms with E-state index in [9.17, 15) is 9.59 Å². The summed E-state index contributed by atoms with van der Waals surface area (Å²) >= 11 is 30.9. The third-order valence-electron chi connectivity index (χ3n) is 4.70. The Morgan fingerprint density at radius 1 is 1.13 bits per heavy atom. The Morgan fingerprint density at radius 2 is 1.77 bits per heavy atom. The van der Waals surface area contributed by atoms with Gasteiger partial charge in [0, 0.05) is 28.7 Å². The van der Waals surface area contributed by atoms with Crippen molar-refractivity contribution in [1.82, 2.24) is 4.90 Å². The van der Waals surface area contributed by atoms with Gasteiger partial charge in [-0.05, 0) is 42.0 Å². The Labute approximate surface area is 198 Å². The third-order valence-corrected chi connectivity index (χ3v) is 6.41. The second-order valence-corrected chi connectivity index (χ2v) is 9.56. The van der Waals surface area contributed by atoms with Crippen molar-refractivity contribution in [2.75, 3.05) is 18.9 Å². The number of halogens is 5. The molecule has 2 atom stereocenters. The maximum Gasteiger partial charge on any atom is 0.256 e. The minimum Gasteiger partial charge on any atom is -0.328 e. The first-order chi connectivity index (χ1) is 14.1. The topological polar surface area (TPSA) is 73.2 Å². The molecule has 2 aromatic rings. The summed E-state index contributed by atoms with van der Waals surface area (Å²) in [6.07, 6.45) is 0. The van der Waals surface area contributed by atoms with E-state index in [1.165, 1.54) is 24.1 Å². The van der Waals surface area contributed by atoms with Gasteiger partial charge in [-0.1, -0.05) is 34.8 Å². The fourth-order valence-electron chi connectivity index (χ4n) is 3.19. The summed E-state index contributed by atoms with van der Waals surface area (Å²) < 4.78 is -1.32. The maximum atomic E-state index is 12.8. The summed E-state index contributed by atoms with van der Waals surface area (Å²) in [7, 11) is 1.48. The number of hydrogen-bond donors (Lipinski definition) is 1. The van der Waals surface area contributed by atoms with Gasteiger partial charge in [-0.2, -0.15) is 5.26 Å². The number of carbonyl (C=O) groups excluding carboxylic acids is 2. The van der Waals surface area contributed by atoms with Crippen molar-refractivity contribution in [3.63, 3.8) is 0 Å². The molecule has 0 aromatic heterocycles. The van der Waals surface area contributed by atoms with Crippen LogP contribution in [-0.2, 0) is 4.79 Å². The second kappa shape index (κ2) is 8.82. The van der Waals surface area contributed by atoms with Gasteiger partial charge in [-0.15, -0.1) is 23.2 Å². The summed E-state index contributed by atoms with van der Waals surface area (Å²) in [6.45, 7) is -0.0985. The lowest BCUT2D eigenvalue weighted by atomic mass is 10.1. The first kappa shape index (κ1) is 23.0. The molecule has 1 fully saturated rings. The summed E-state index contributed by atoms with van der Waals surface area (Å²) in [6, 6.07) is 11.3. The quantitative estimate of drug-likeness (QED) is 0.414. The molecule has 0 spiro atoms. The van der Waals surface area contributed by atoms with Gasteiger partial charge in [0.25, 0.3) is 5.91 Å². The van der Waals surface area contributed by atoms with E-state index in [1.807, 2.05) is 6.07 Å². The molecule has 156 valence electrons. The molecule has 1 aliphatic carbocycles. The van der Waals surface area contributed by atoms with E-state index in [2.05, 4.69) is 5.32 Å². The number of rotatable bonds is 5. The number of amides is 2. The number of benzene rings is 2. The van der Waals surface area contributed by atoms with Gasteiger partial charge in [0.1, 0.15) is 10.9 Å². The number of anilines is 1. The van der Waals surface area contributed by atoms with Gasteiger partial charge in [-0.25, -0.2) is 0 Å². The molecule has 10 heteroatoms. The molecule has 0 heterocycles. The van der Waals surface area contributed by atoms with Gasteiger partial charge in [0.2, 0.25) is 5.91 Å². The zero-order valence-corrected chi connectivity index (χ0v) is 19.2. The molecule has 3 rings (SSSR count). The SMILES string of the molecule is CN(CC#N)C(=O)c1cc(NC(=O)[C@@H]2[C@@H](c3cc(Cl)cc(Cl)c3)C2(Cl)Cl)ccc1Cl. The van der Waals surface area contributed by atoms with Crippen LogP contribution in [0.5, 0.6) is 0 Å². The Kier molecular flexibility index (Phi) is 6.76. The first-order valence-electron chi connectivity index (χ1n) is 8.63. The second-order valence-electron chi connectivity index (χ2n) is 6.84. The highest BCUT2D eigenvalue weighted by Crippen LogP contribution is 2.65. The van der Waals surface area contributed by atoms with E-state index in [0.717, 1.165) is 0 Å². The highest BCUT2D eigenvalue weighted by Gasteiger charge is 2.67. The van der Waals surface area contributed by atoms with Gasteiger partial charge >= 0.3 is 0 Å². The van der Waals surface area contributed by atoms with Crippen molar-refractivity contribution < 1.29 is 9.59 Å². The summed E-state index contributed by atoms with van der Waals surface area (Å²) in [5, 5.41) is 12.5. The average Bonchev–Trinajstić information content (AvgIpc) is 3.24. The number of alkyl halides is 2. The fraction of sp³-hybridized carbons (Fsp3) is 0.250. The molecule has 30 heavy (non-hydrogen) atoms. The van der Waals surface area contributed by atoms with Crippen LogP contribution in [0.3, 0.4) is 0 Å². The van der Waals surface area contributed by atoms with E-state index in [-0.39, 0.29) is 17.1 Å². The molecule has 0 saturated heterocycles. The van der Waals surface area contributed by atoms with Crippen LogP contribution in [-0.4, -0.2) is 34.6 Å². The Hall–Kier alpha value is -1.68. The predicted octanol–water partition coefficient (Wildman–Crippen LogP) is 5.77. The van der Waals surface area contributed by atoms with Crippen LogP contribution in [0.4, 0.5) is 5.69 Å². The monoisotopic (exact) mass is 503 g/mol. The van der Waals surface area contributed by atoms with E-state index in [0.29, 0.717) is 21.3 Å². The van der Waals surface area contributed by atoms with Crippen molar-refractivity contribution in [2.45, 2.75) is 10.3 Å². The number of nitrogens with zero attached hydrogens (tertiary/aromatic N) is 2. The summed E-state index contributed by atoms with van der Waals surface area (Å²) in [4.78, 5) is 26.5. The highest BCUT2D eigenvalue weighted by atomic mass is 35.5. The Balaban J connectivity index is 1.80. The minimum absolute atomic E-state index is 0.0985. The number of carbonyl (C=O) groups is 2. The normalized spacial score (nSPS) is 19.0. The molecule has 0 unspecified atom stereocenters. The number of nitrogens with one attached hydrogen (secondary N) is 1. The Morgan fingerprint density at radius 3 is 2.37 bits per heavy atom. The minimum atomic E-state index is -1.32. The van der Waals surface area contributed by atoms with Gasteiger partial charge in [0.15, 0.2) is 0 Å². The zero-order valence-electron chi connectivity index (χ0n) is 15.4. The van der Waals surface area contributed by atoms with Crippen LogP contribution < -0.4 is 5.32 Å². The van der Waals surface area contributed by atoms with Crippen molar-refractivity contribution in [3.8, 4) is 6.07 Å². The highest BCUT2D eigenvalue weighted by molar-refractivity contribution is 6.53. The molecule has 5 nitrogen and oxygen atoms in total. The lowest BCUT2D eigenvalue weighted by Crippen LogP contribution is -2.27. The fourth-order valence-corrected chi connectivity index (χ4v) is 4.76. The molecule has 0 aliphatic heterocycles. The molecule has 1 N–H and O–H groups in total. The molecular weight excluding hydrogens is 492 g/mol. The maximum absolute atomic E-state index is 12.8. The first-order valence-corrected chi connectivity index (χ1v) is 10.5. The lowest BCUT2D eigenvalue weighted by Gasteiger charge is -2.15. The van der Waals surface area contributed by atoms with Crippen LogP contribution in [0.25, 0.3) is 0 Å². The molecule has 1 aliphatic rings. The average molecular weight is 506 g/mol. The van der Waals surface area contributed by atoms with Crippen LogP contribution in [0.15, 0.2) is 36.4 Å². The molecule has 0 radical (unpaired) electrons. The van der Waals surface area contributed by atoms with Crippen molar-refractivity contribution >= 4 is 75.5 Å². The molecule has 2 aromatic carbocycles. The van der Waals surface area contributed by atoms with Crippen LogP contribution in [0.1, 0.15) is 21.8 Å². The predicted molar refractivity (Wildman–Crippen MR) is 120 cm³/mol. The van der Waals surface area contributed by atoms with Crippen molar-refractivity contribution in [2.24, 2.45) is 5.92 Å². The van der Waals surface area contributed by atoms with E-state index in [1.54, 1.807) is 24.3 Å². The standard InChI is InChI=1S/C20H14Cl5N3O2/c1-28(5-4-26)19(30)14-9-13(2-3-15(14)23)27-18(29)17-16(20(17,24)25)10-6-11(21)8-12(22)7-10/h2-3,6-9,16-17H,5H2,1H3,(H,27,29)/t16-,17+/m1/s1. The van der Waals surface area contributed by atoms with Crippen LogP contribution >= 0.6 is 58.0 Å². The van der Waals surface area contributed by atoms with E-state index in [4.69, 9.17) is 63.3 Å². The Bertz CT molecular complexity index is 1050. The molecule has 2 amide bonds. The molecular formula is C20H14Cl5N3O2. The van der Waals surface area contributed by atoms with Gasteiger partial charge in [0.05, 0.1) is 22.6 Å². The van der Waals surface area contributed by atoms with Crippen molar-refractivity contribution in [3.05, 3.63) is 62.6 Å². The lowest BCUT2D eigenvalue weighted by molar-refractivity contribution is -0.117. The number of hydrogen-bond acceptors (Lipinski definition) is 3. The van der Waals surface area contributed by atoms with E-state index >= 15 is 0 Å². The van der Waals surface area contributed by atoms with Crippen LogP contribution in [0.2, 0.25) is 15.1 Å². The molecule has 0 bridgehead atoms. The van der Waals surface area contributed by atoms with E-state index < -0.39 is 28.0 Å². The third kappa shape index (κ3) is 4.64. The zero-order chi connectivity index (χ0) is 22.2. The van der Waals surface area contributed by atoms with Crippen molar-refractivity contribution in [1.29, 1.82) is 5.26 Å².